The third-order valence-electron chi connectivity index (χ3n) is 3.59. The van der Waals surface area contributed by atoms with Crippen molar-refractivity contribution in [2.24, 2.45) is 11.3 Å². The Morgan fingerprint density at radius 2 is 1.83 bits per heavy atom. The fourth-order valence-electron chi connectivity index (χ4n) is 1.80. The van der Waals surface area contributed by atoms with Crippen LogP contribution >= 0.6 is 0 Å². The van der Waals surface area contributed by atoms with Crippen LogP contribution in [-0.4, -0.2) is 11.2 Å². The summed E-state index contributed by atoms with van der Waals surface area (Å²) in [5.74, 6) is -1.40. The Hall–Kier alpha value is -0.960. The molecule has 18 heavy (non-hydrogen) atoms. The molecule has 0 amide bonds. The van der Waals surface area contributed by atoms with Crippen molar-refractivity contribution in [3.63, 3.8) is 0 Å². The second-order valence-electron chi connectivity index (χ2n) is 6.07. The molecule has 0 saturated heterocycles. The minimum absolute atomic E-state index is 0.0987. The van der Waals surface area contributed by atoms with Crippen molar-refractivity contribution >= 4 is 0 Å². The van der Waals surface area contributed by atoms with Gasteiger partial charge in [-0.05, 0) is 29.4 Å². The Morgan fingerprint density at radius 3 is 2.39 bits per heavy atom. The van der Waals surface area contributed by atoms with E-state index in [1.807, 2.05) is 0 Å². The first-order valence-corrected chi connectivity index (χ1v) is 6.32. The van der Waals surface area contributed by atoms with Crippen LogP contribution in [0.2, 0.25) is 0 Å². The Bertz CT molecular complexity index is 396. The van der Waals surface area contributed by atoms with Gasteiger partial charge in [0.2, 0.25) is 0 Å². The number of aliphatic hydroxyl groups is 1. The fourth-order valence-corrected chi connectivity index (χ4v) is 1.80. The van der Waals surface area contributed by atoms with Gasteiger partial charge in [0.25, 0.3) is 0 Å². The second-order valence-corrected chi connectivity index (χ2v) is 6.07. The number of hydrogen-bond donors (Lipinski definition) is 1. The molecule has 1 aromatic carbocycles. The molecular weight excluding hydrogens is 234 g/mol. The van der Waals surface area contributed by atoms with Crippen molar-refractivity contribution in [1.29, 1.82) is 0 Å². The summed E-state index contributed by atoms with van der Waals surface area (Å²) in [6.07, 6.45) is 0.0965. The molecule has 0 saturated carbocycles. The van der Waals surface area contributed by atoms with Crippen LogP contribution in [0.4, 0.5) is 8.78 Å². The van der Waals surface area contributed by atoms with Crippen molar-refractivity contribution in [3.8, 4) is 0 Å². The maximum Gasteiger partial charge on any atom is 0.162 e. The first-order chi connectivity index (χ1) is 8.21. The summed E-state index contributed by atoms with van der Waals surface area (Å²) >= 11 is 0. The second kappa shape index (κ2) is 5.79. The predicted octanol–water partition coefficient (Wildman–Crippen LogP) is 3.94. The van der Waals surface area contributed by atoms with Gasteiger partial charge in [0.05, 0.1) is 6.10 Å². The summed E-state index contributed by atoms with van der Waals surface area (Å²) in [4.78, 5) is 0. The van der Waals surface area contributed by atoms with E-state index in [1.54, 1.807) is 0 Å². The summed E-state index contributed by atoms with van der Waals surface area (Å²) in [6, 6.07) is 4.07. The van der Waals surface area contributed by atoms with E-state index < -0.39 is 17.7 Å². The molecule has 0 aromatic heterocycles. The van der Waals surface area contributed by atoms with Gasteiger partial charge in [-0.1, -0.05) is 39.8 Å². The fraction of sp³-hybridized carbons (Fsp3) is 0.600. The third-order valence-corrected chi connectivity index (χ3v) is 3.59. The third kappa shape index (κ3) is 4.05. The van der Waals surface area contributed by atoms with E-state index in [1.165, 1.54) is 12.1 Å². The minimum Gasteiger partial charge on any atom is -0.393 e. The normalized spacial score (nSPS) is 15.5. The number of halogens is 2. The highest BCUT2D eigenvalue weighted by Crippen LogP contribution is 2.29. The highest BCUT2D eigenvalue weighted by atomic mass is 19.2. The van der Waals surface area contributed by atoms with E-state index in [0.717, 1.165) is 6.07 Å². The first-order valence-electron chi connectivity index (χ1n) is 6.32. The molecule has 0 spiro atoms. The molecule has 102 valence electrons. The van der Waals surface area contributed by atoms with Gasteiger partial charge >= 0.3 is 0 Å². The number of rotatable bonds is 4. The lowest BCUT2D eigenvalue weighted by atomic mass is 9.78. The lowest BCUT2D eigenvalue weighted by Crippen LogP contribution is -2.24. The molecule has 0 heterocycles. The van der Waals surface area contributed by atoms with Crippen molar-refractivity contribution in [2.75, 3.05) is 0 Å². The first kappa shape index (κ1) is 15.1. The van der Waals surface area contributed by atoms with Gasteiger partial charge in [-0.25, -0.2) is 8.78 Å². The van der Waals surface area contributed by atoms with E-state index in [0.29, 0.717) is 12.3 Å². The van der Waals surface area contributed by atoms with Gasteiger partial charge in [0.15, 0.2) is 11.6 Å². The Kier molecular flexibility index (Phi) is 4.85. The van der Waals surface area contributed by atoms with Crippen LogP contribution in [0, 0.1) is 23.0 Å². The minimum atomic E-state index is -0.858. The number of aliphatic hydroxyl groups excluding tert-OH is 1. The van der Waals surface area contributed by atoms with Crippen molar-refractivity contribution in [1.82, 2.24) is 0 Å². The van der Waals surface area contributed by atoms with Gasteiger partial charge < -0.3 is 5.11 Å². The van der Waals surface area contributed by atoms with E-state index in [2.05, 4.69) is 27.7 Å². The van der Waals surface area contributed by atoms with E-state index in [4.69, 9.17) is 0 Å². The Morgan fingerprint density at radius 1 is 1.22 bits per heavy atom. The molecular formula is C15H22F2O. The highest BCUT2D eigenvalue weighted by Gasteiger charge is 2.23. The summed E-state index contributed by atoms with van der Waals surface area (Å²) in [6.45, 7) is 8.37. The zero-order valence-electron chi connectivity index (χ0n) is 11.5. The van der Waals surface area contributed by atoms with Crippen molar-refractivity contribution in [3.05, 3.63) is 35.4 Å². The molecule has 0 aliphatic heterocycles. The van der Waals surface area contributed by atoms with Crippen LogP contribution in [0.15, 0.2) is 18.2 Å². The van der Waals surface area contributed by atoms with Crippen LogP contribution in [0.5, 0.6) is 0 Å². The zero-order valence-corrected chi connectivity index (χ0v) is 11.5. The van der Waals surface area contributed by atoms with E-state index in [-0.39, 0.29) is 17.4 Å². The molecule has 3 heteroatoms. The molecule has 0 radical (unpaired) electrons. The van der Waals surface area contributed by atoms with E-state index >= 15 is 0 Å². The molecule has 2 atom stereocenters. The average molecular weight is 256 g/mol. The Balaban J connectivity index is 2.65. The van der Waals surface area contributed by atoms with Crippen LogP contribution in [0.3, 0.4) is 0 Å². The lowest BCUT2D eigenvalue weighted by Gasteiger charge is -2.29. The molecule has 0 bridgehead atoms. The summed E-state index contributed by atoms with van der Waals surface area (Å²) < 4.78 is 26.5. The van der Waals surface area contributed by atoms with Gasteiger partial charge in [-0.2, -0.15) is 0 Å². The van der Waals surface area contributed by atoms with Crippen molar-refractivity contribution < 1.29 is 13.9 Å². The zero-order chi connectivity index (χ0) is 13.9. The van der Waals surface area contributed by atoms with Gasteiger partial charge in [-0.3, -0.25) is 0 Å². The molecule has 0 fully saturated rings. The molecule has 2 unspecified atom stereocenters. The van der Waals surface area contributed by atoms with Crippen LogP contribution in [-0.2, 0) is 6.42 Å². The van der Waals surface area contributed by atoms with Crippen LogP contribution < -0.4 is 0 Å². The van der Waals surface area contributed by atoms with E-state index in [9.17, 15) is 13.9 Å². The molecule has 1 N–H and O–H groups in total. The maximum absolute atomic E-state index is 13.4. The lowest BCUT2D eigenvalue weighted by molar-refractivity contribution is 0.109. The van der Waals surface area contributed by atoms with Crippen molar-refractivity contribution in [2.45, 2.75) is 46.6 Å². The highest BCUT2D eigenvalue weighted by molar-refractivity contribution is 5.19. The van der Waals surface area contributed by atoms with Gasteiger partial charge in [0.1, 0.15) is 0 Å². The largest absolute Gasteiger partial charge is 0.393 e. The van der Waals surface area contributed by atoms with Gasteiger partial charge in [-0.15, -0.1) is 0 Å². The Labute approximate surface area is 108 Å². The summed E-state index contributed by atoms with van der Waals surface area (Å²) in [7, 11) is 0. The average Bonchev–Trinajstić information content (AvgIpc) is 2.23. The van der Waals surface area contributed by atoms with Gasteiger partial charge in [0, 0.05) is 6.42 Å². The molecule has 1 aromatic rings. The standard InChI is InChI=1S/C15H22F2O/c1-10(15(2,3)4)8-12(18)9-11-6-5-7-13(16)14(11)17/h5-7,10,12,18H,8-9H2,1-4H3. The molecule has 1 nitrogen and oxygen atoms in total. The monoisotopic (exact) mass is 256 g/mol. The number of benzene rings is 1. The summed E-state index contributed by atoms with van der Waals surface area (Å²) in [5.41, 5.74) is 0.338. The molecule has 1 rings (SSSR count). The predicted molar refractivity (Wildman–Crippen MR) is 69.3 cm³/mol. The topological polar surface area (TPSA) is 20.2 Å². The van der Waals surface area contributed by atoms with Crippen LogP contribution in [0.1, 0.15) is 39.7 Å². The smallest absolute Gasteiger partial charge is 0.162 e. The quantitative estimate of drug-likeness (QED) is 0.865. The molecule has 0 aliphatic rings. The summed E-state index contributed by atoms with van der Waals surface area (Å²) in [5, 5.41) is 9.96. The number of hydrogen-bond acceptors (Lipinski definition) is 1. The molecule has 0 aliphatic carbocycles. The van der Waals surface area contributed by atoms with Crippen LogP contribution in [0.25, 0.3) is 0 Å². The SMILES string of the molecule is CC(CC(O)Cc1cccc(F)c1F)C(C)(C)C. The maximum atomic E-state index is 13.4.